The van der Waals surface area contributed by atoms with E-state index in [2.05, 4.69) is 10.2 Å². The van der Waals surface area contributed by atoms with Gasteiger partial charge in [-0.15, -0.1) is 5.10 Å². The fourth-order valence-corrected chi connectivity index (χ4v) is 3.12. The van der Waals surface area contributed by atoms with Crippen LogP contribution < -0.4 is 4.74 Å². The third-order valence-electron chi connectivity index (χ3n) is 4.25. The number of benzene rings is 2. The van der Waals surface area contributed by atoms with Crippen molar-refractivity contribution < 1.29 is 14.5 Å². The van der Waals surface area contributed by atoms with Gasteiger partial charge in [0.05, 0.1) is 22.6 Å². The number of H-pyrrole nitrogens is 1. The van der Waals surface area contributed by atoms with Crippen LogP contribution in [-0.2, 0) is 4.79 Å². The molecule has 7 nitrogen and oxygen atoms in total. The molecule has 0 saturated heterocycles. The number of rotatable bonds is 3. The SMILES string of the molecule is O=C1C[C@@H](c2ccccc2)c2c(n[nH]c2-c2cccc([N+](=O)[O-])c2)O1. The number of aromatic amines is 1. The van der Waals surface area contributed by atoms with E-state index in [0.717, 1.165) is 11.1 Å². The molecule has 0 saturated carbocycles. The molecule has 2 aromatic carbocycles. The van der Waals surface area contributed by atoms with E-state index in [1.165, 1.54) is 12.1 Å². The molecule has 0 aliphatic carbocycles. The van der Waals surface area contributed by atoms with Gasteiger partial charge in [0.2, 0.25) is 5.88 Å². The number of hydrogen-bond acceptors (Lipinski definition) is 5. The van der Waals surface area contributed by atoms with Gasteiger partial charge in [-0.05, 0) is 5.56 Å². The maximum absolute atomic E-state index is 11.9. The van der Waals surface area contributed by atoms with E-state index < -0.39 is 4.92 Å². The molecule has 0 unspecified atom stereocenters. The summed E-state index contributed by atoms with van der Waals surface area (Å²) in [5.74, 6) is -0.337. The third-order valence-corrected chi connectivity index (χ3v) is 4.25. The molecule has 1 aliphatic rings. The number of carbonyl (C=O) groups excluding carboxylic acids is 1. The first kappa shape index (κ1) is 15.1. The Kier molecular flexibility index (Phi) is 3.53. The van der Waals surface area contributed by atoms with Crippen molar-refractivity contribution in [2.24, 2.45) is 0 Å². The minimum Gasteiger partial charge on any atom is -0.405 e. The first-order chi connectivity index (χ1) is 12.1. The van der Waals surface area contributed by atoms with Crippen LogP contribution in [0.25, 0.3) is 11.3 Å². The first-order valence-corrected chi connectivity index (χ1v) is 7.72. The van der Waals surface area contributed by atoms with E-state index in [0.29, 0.717) is 11.3 Å². The van der Waals surface area contributed by atoms with Crippen molar-refractivity contribution in [1.82, 2.24) is 10.2 Å². The molecule has 1 aromatic heterocycles. The zero-order chi connectivity index (χ0) is 17.4. The maximum atomic E-state index is 11.9. The van der Waals surface area contributed by atoms with Gasteiger partial charge in [0.25, 0.3) is 5.69 Å². The van der Waals surface area contributed by atoms with E-state index in [9.17, 15) is 14.9 Å². The lowest BCUT2D eigenvalue weighted by molar-refractivity contribution is -0.384. The summed E-state index contributed by atoms with van der Waals surface area (Å²) in [6, 6.07) is 15.9. The summed E-state index contributed by atoms with van der Waals surface area (Å²) in [5, 5.41) is 18.0. The molecule has 0 fully saturated rings. The molecule has 124 valence electrons. The largest absolute Gasteiger partial charge is 0.405 e. The quantitative estimate of drug-likeness (QED) is 0.449. The van der Waals surface area contributed by atoms with E-state index in [1.807, 2.05) is 30.3 Å². The van der Waals surface area contributed by atoms with Crippen molar-refractivity contribution in [1.29, 1.82) is 0 Å². The lowest BCUT2D eigenvalue weighted by atomic mass is 9.86. The lowest BCUT2D eigenvalue weighted by Crippen LogP contribution is -2.20. The highest BCUT2D eigenvalue weighted by molar-refractivity contribution is 5.80. The van der Waals surface area contributed by atoms with E-state index in [-0.39, 0.29) is 29.9 Å². The van der Waals surface area contributed by atoms with Gasteiger partial charge >= 0.3 is 5.97 Å². The zero-order valence-electron chi connectivity index (χ0n) is 13.0. The molecule has 4 rings (SSSR count). The Morgan fingerprint density at radius 2 is 1.96 bits per heavy atom. The van der Waals surface area contributed by atoms with E-state index in [4.69, 9.17) is 4.74 Å². The second kappa shape index (κ2) is 5.86. The fourth-order valence-electron chi connectivity index (χ4n) is 3.12. The molecular weight excluding hydrogens is 322 g/mol. The summed E-state index contributed by atoms with van der Waals surface area (Å²) < 4.78 is 5.25. The highest BCUT2D eigenvalue weighted by atomic mass is 16.6. The molecule has 1 atom stereocenters. The van der Waals surface area contributed by atoms with Crippen LogP contribution >= 0.6 is 0 Å². The summed E-state index contributed by atoms with van der Waals surface area (Å²) in [6.45, 7) is 0. The van der Waals surface area contributed by atoms with Crippen molar-refractivity contribution >= 4 is 11.7 Å². The van der Waals surface area contributed by atoms with Crippen molar-refractivity contribution in [2.75, 3.05) is 0 Å². The minimum absolute atomic E-state index is 0.00934. The Morgan fingerprint density at radius 3 is 2.72 bits per heavy atom. The van der Waals surface area contributed by atoms with Crippen molar-refractivity contribution in [3.63, 3.8) is 0 Å². The van der Waals surface area contributed by atoms with Crippen LogP contribution in [0.3, 0.4) is 0 Å². The van der Waals surface area contributed by atoms with Gasteiger partial charge in [0, 0.05) is 23.6 Å². The number of nitro groups is 1. The summed E-state index contributed by atoms with van der Waals surface area (Å²) in [5.41, 5.74) is 2.95. The van der Waals surface area contributed by atoms with Gasteiger partial charge in [-0.25, -0.2) is 0 Å². The van der Waals surface area contributed by atoms with Gasteiger partial charge in [-0.2, -0.15) is 0 Å². The standard InChI is InChI=1S/C18H13N3O4/c22-15-10-14(11-5-2-1-3-6-11)16-17(19-20-18(16)25-15)12-7-4-8-13(9-12)21(23)24/h1-9,14H,10H2,(H,19,20)/t14-/m0/s1. The normalized spacial score (nSPS) is 16.2. The molecule has 1 aliphatic heterocycles. The highest BCUT2D eigenvalue weighted by Gasteiger charge is 2.34. The van der Waals surface area contributed by atoms with Crippen molar-refractivity contribution in [2.45, 2.75) is 12.3 Å². The number of nitrogens with zero attached hydrogens (tertiary/aromatic N) is 2. The summed E-state index contributed by atoms with van der Waals surface area (Å²) >= 11 is 0. The summed E-state index contributed by atoms with van der Waals surface area (Å²) in [4.78, 5) is 22.5. The van der Waals surface area contributed by atoms with Gasteiger partial charge in [0.15, 0.2) is 0 Å². The summed E-state index contributed by atoms with van der Waals surface area (Å²) in [7, 11) is 0. The second-order valence-electron chi connectivity index (χ2n) is 5.77. The van der Waals surface area contributed by atoms with Gasteiger partial charge < -0.3 is 4.74 Å². The number of nitro benzene ring substituents is 1. The Hall–Kier alpha value is -3.48. The number of nitrogens with one attached hydrogen (secondary N) is 1. The van der Waals surface area contributed by atoms with Crippen LogP contribution in [0.5, 0.6) is 5.88 Å². The number of hydrogen-bond donors (Lipinski definition) is 1. The topological polar surface area (TPSA) is 98.1 Å². The van der Waals surface area contributed by atoms with Crippen LogP contribution in [0.4, 0.5) is 5.69 Å². The Labute approximate surface area is 142 Å². The predicted molar refractivity (Wildman–Crippen MR) is 89.2 cm³/mol. The summed E-state index contributed by atoms with van der Waals surface area (Å²) in [6.07, 6.45) is 0.193. The van der Waals surface area contributed by atoms with Crippen LogP contribution in [0.15, 0.2) is 54.6 Å². The Morgan fingerprint density at radius 1 is 1.16 bits per heavy atom. The molecule has 0 amide bonds. The first-order valence-electron chi connectivity index (χ1n) is 7.72. The average molecular weight is 335 g/mol. The zero-order valence-corrected chi connectivity index (χ0v) is 13.0. The van der Waals surface area contributed by atoms with E-state index >= 15 is 0 Å². The molecule has 2 heterocycles. The molecule has 25 heavy (non-hydrogen) atoms. The highest BCUT2D eigenvalue weighted by Crippen LogP contribution is 2.43. The minimum atomic E-state index is -0.443. The van der Waals surface area contributed by atoms with Crippen molar-refractivity contribution in [3.8, 4) is 17.1 Å². The molecule has 7 heteroatoms. The number of ether oxygens (including phenoxy) is 1. The fraction of sp³-hybridized carbons (Fsp3) is 0.111. The van der Waals surface area contributed by atoms with Crippen LogP contribution in [0, 0.1) is 10.1 Å². The molecular formula is C18H13N3O4. The number of aromatic nitrogens is 2. The number of carbonyl (C=O) groups is 1. The molecule has 3 aromatic rings. The molecule has 0 bridgehead atoms. The maximum Gasteiger partial charge on any atom is 0.313 e. The third kappa shape index (κ3) is 2.65. The lowest BCUT2D eigenvalue weighted by Gasteiger charge is -2.22. The number of fused-ring (bicyclic) bond motifs is 1. The van der Waals surface area contributed by atoms with Crippen LogP contribution in [0.2, 0.25) is 0 Å². The molecule has 0 spiro atoms. The molecule has 1 N–H and O–H groups in total. The van der Waals surface area contributed by atoms with Gasteiger partial charge in [-0.3, -0.25) is 20.0 Å². The van der Waals surface area contributed by atoms with Crippen molar-refractivity contribution in [3.05, 3.63) is 75.8 Å². The average Bonchev–Trinajstić information content (AvgIpc) is 3.05. The van der Waals surface area contributed by atoms with Crippen LogP contribution in [-0.4, -0.2) is 21.1 Å². The van der Waals surface area contributed by atoms with Gasteiger partial charge in [0.1, 0.15) is 0 Å². The molecule has 0 radical (unpaired) electrons. The van der Waals surface area contributed by atoms with Crippen LogP contribution in [0.1, 0.15) is 23.5 Å². The smallest absolute Gasteiger partial charge is 0.313 e. The van der Waals surface area contributed by atoms with E-state index in [1.54, 1.807) is 12.1 Å². The Bertz CT molecular complexity index is 965. The van der Waals surface area contributed by atoms with Gasteiger partial charge in [-0.1, -0.05) is 42.5 Å². The predicted octanol–water partition coefficient (Wildman–Crippen LogP) is 3.43. The Balaban J connectivity index is 1.87. The second-order valence-corrected chi connectivity index (χ2v) is 5.77. The number of esters is 1. The monoisotopic (exact) mass is 335 g/mol. The number of non-ortho nitro benzene ring substituents is 1.